The number of carbonyl (C=O) groups is 2. The second-order valence-electron chi connectivity index (χ2n) is 9.53. The molecule has 1 N–H and O–H groups in total. The van der Waals surface area contributed by atoms with Crippen molar-refractivity contribution in [1.82, 2.24) is 10.4 Å². The molecule has 0 radical (unpaired) electrons. The first-order chi connectivity index (χ1) is 14.8. The number of nitriles is 1. The lowest BCUT2D eigenvalue weighted by atomic mass is 10.2. The number of hydrogen-bond acceptors (Lipinski definition) is 8. The lowest BCUT2D eigenvalue weighted by molar-refractivity contribution is -0.162. The lowest BCUT2D eigenvalue weighted by Crippen LogP contribution is -2.48. The molecule has 174 valence electrons. The van der Waals surface area contributed by atoms with Gasteiger partial charge in [0.25, 0.3) is 0 Å². The van der Waals surface area contributed by atoms with Gasteiger partial charge in [0.1, 0.15) is 17.2 Å². The molecule has 1 aliphatic heterocycles. The van der Waals surface area contributed by atoms with E-state index >= 15 is 0 Å². The predicted octanol–water partition coefficient (Wildman–Crippen LogP) is 2.56. The second kappa shape index (κ2) is 8.37. The summed E-state index contributed by atoms with van der Waals surface area (Å²) in [6.07, 6.45) is -0.0503. The minimum absolute atomic E-state index is 0.0776. The maximum atomic E-state index is 13.4. The third-order valence-corrected chi connectivity index (χ3v) is 7.79. The van der Waals surface area contributed by atoms with Crippen LogP contribution >= 0.6 is 0 Å². The molecule has 0 aromatic heterocycles. The molecular weight excluding hydrogens is 434 g/mol. The van der Waals surface area contributed by atoms with Crippen molar-refractivity contribution in [2.45, 2.75) is 81.2 Å². The van der Waals surface area contributed by atoms with E-state index in [4.69, 9.17) is 9.57 Å². The van der Waals surface area contributed by atoms with Crippen LogP contribution in [-0.4, -0.2) is 54.5 Å². The Hall–Kier alpha value is -2.64. The third kappa shape index (κ3) is 5.22. The van der Waals surface area contributed by atoms with E-state index in [1.807, 2.05) is 6.92 Å². The number of carbonyl (C=O) groups excluding carboxylic acids is 2. The fourth-order valence-electron chi connectivity index (χ4n) is 3.70. The maximum absolute atomic E-state index is 13.4. The molecule has 2 aliphatic rings. The van der Waals surface area contributed by atoms with E-state index < -0.39 is 44.3 Å². The highest BCUT2D eigenvalue weighted by atomic mass is 32.2. The first kappa shape index (κ1) is 24.0. The monoisotopic (exact) mass is 463 g/mol. The van der Waals surface area contributed by atoms with Gasteiger partial charge in [0.15, 0.2) is 9.84 Å². The van der Waals surface area contributed by atoms with Gasteiger partial charge < -0.3 is 14.9 Å². The number of sulfone groups is 1. The fraction of sp³-hybridized carbons (Fsp3) is 0.591. The van der Waals surface area contributed by atoms with Crippen molar-refractivity contribution in [1.29, 1.82) is 5.26 Å². The van der Waals surface area contributed by atoms with Crippen molar-refractivity contribution in [3.63, 3.8) is 0 Å². The Morgan fingerprint density at radius 1 is 1.25 bits per heavy atom. The Labute approximate surface area is 188 Å². The minimum Gasteiger partial charge on any atom is -0.427 e. The zero-order valence-electron chi connectivity index (χ0n) is 19.0. The van der Waals surface area contributed by atoms with Crippen molar-refractivity contribution in [2.75, 3.05) is 6.54 Å². The minimum atomic E-state index is -3.81. The van der Waals surface area contributed by atoms with E-state index in [-0.39, 0.29) is 17.9 Å². The first-order valence-corrected chi connectivity index (χ1v) is 12.0. The van der Waals surface area contributed by atoms with Gasteiger partial charge in [-0.3, -0.25) is 4.79 Å². The lowest BCUT2D eigenvalue weighted by Gasteiger charge is -2.25. The van der Waals surface area contributed by atoms with Gasteiger partial charge in [-0.2, -0.15) is 5.26 Å². The van der Waals surface area contributed by atoms with Gasteiger partial charge in [0, 0.05) is 0 Å². The maximum Gasteiger partial charge on any atom is 0.528 e. The predicted molar refractivity (Wildman–Crippen MR) is 115 cm³/mol. The number of benzene rings is 1. The summed E-state index contributed by atoms with van der Waals surface area (Å²) in [7, 11) is -3.81. The smallest absolute Gasteiger partial charge is 0.427 e. The first-order valence-electron chi connectivity index (χ1n) is 10.5. The van der Waals surface area contributed by atoms with Crippen LogP contribution in [0.15, 0.2) is 23.1 Å². The Morgan fingerprint density at radius 3 is 2.44 bits per heavy atom. The van der Waals surface area contributed by atoms with Crippen LogP contribution in [0.25, 0.3) is 0 Å². The van der Waals surface area contributed by atoms with Crippen LogP contribution in [0.3, 0.4) is 0 Å². The number of ether oxygens (including phenoxy) is 1. The van der Waals surface area contributed by atoms with E-state index in [0.29, 0.717) is 18.4 Å². The summed E-state index contributed by atoms with van der Waals surface area (Å²) in [4.78, 5) is 30.6. The highest BCUT2D eigenvalue weighted by molar-refractivity contribution is 7.92. The number of nitrogens with zero attached hydrogens (tertiary/aromatic N) is 2. The molecule has 3 rings (SSSR count). The number of hydrogen-bond donors (Lipinski definition) is 1. The molecule has 1 aromatic carbocycles. The second-order valence-corrected chi connectivity index (χ2v) is 11.7. The van der Waals surface area contributed by atoms with Crippen LogP contribution in [0.4, 0.5) is 4.79 Å². The summed E-state index contributed by atoms with van der Waals surface area (Å²) in [5, 5.41) is 12.0. The van der Waals surface area contributed by atoms with Gasteiger partial charge in [-0.1, -0.05) is 17.7 Å². The van der Waals surface area contributed by atoms with Crippen molar-refractivity contribution < 1.29 is 27.6 Å². The van der Waals surface area contributed by atoms with Crippen LogP contribution < -0.4 is 5.32 Å². The van der Waals surface area contributed by atoms with Crippen molar-refractivity contribution >= 4 is 21.9 Å². The van der Waals surface area contributed by atoms with Crippen molar-refractivity contribution in [2.24, 2.45) is 0 Å². The number of amides is 1. The normalized spacial score (nSPS) is 22.6. The van der Waals surface area contributed by atoms with Gasteiger partial charge in [0.2, 0.25) is 5.91 Å². The van der Waals surface area contributed by atoms with E-state index in [0.717, 1.165) is 10.6 Å². The summed E-state index contributed by atoms with van der Waals surface area (Å²) in [6, 6.07) is 6.08. The van der Waals surface area contributed by atoms with Crippen LogP contribution in [0.5, 0.6) is 0 Å². The average molecular weight is 464 g/mol. The molecule has 32 heavy (non-hydrogen) atoms. The number of aryl methyl sites for hydroxylation is 2. The number of nitrogens with one attached hydrogen (secondary N) is 1. The summed E-state index contributed by atoms with van der Waals surface area (Å²) in [6.45, 7) is 8.40. The van der Waals surface area contributed by atoms with Crippen LogP contribution in [-0.2, 0) is 24.2 Å². The third-order valence-electron chi connectivity index (χ3n) is 5.50. The number of rotatable bonds is 5. The summed E-state index contributed by atoms with van der Waals surface area (Å²) in [5.74, 6) is -0.550. The van der Waals surface area contributed by atoms with E-state index in [2.05, 4.69) is 11.4 Å². The molecule has 1 aliphatic carbocycles. The summed E-state index contributed by atoms with van der Waals surface area (Å²) >= 11 is 0. The zero-order valence-corrected chi connectivity index (χ0v) is 19.8. The van der Waals surface area contributed by atoms with E-state index in [1.165, 1.54) is 0 Å². The standard InChI is InChI=1S/C22H29N3O6S/c1-14-6-7-18(15(2)10-14)32(28,29)16-11-17(19(26)24-22(13-23)8-9-22)25(12-16)31-20(27)30-21(3,4)5/h6-7,10,16-17H,8-9,11-12H2,1-5H3,(H,24,26)/t16-,17+/m1/s1. The van der Waals surface area contributed by atoms with Gasteiger partial charge in [-0.25, -0.2) is 13.2 Å². The average Bonchev–Trinajstić information content (AvgIpc) is 3.29. The highest BCUT2D eigenvalue weighted by Crippen LogP contribution is 2.36. The molecule has 1 aromatic rings. The van der Waals surface area contributed by atoms with Gasteiger partial charge >= 0.3 is 6.16 Å². The molecule has 1 amide bonds. The molecule has 1 heterocycles. The van der Waals surface area contributed by atoms with Gasteiger partial charge in [0.05, 0.1) is 22.8 Å². The molecule has 0 unspecified atom stereocenters. The molecular formula is C22H29N3O6S. The van der Waals surface area contributed by atoms with Crippen LogP contribution in [0, 0.1) is 25.2 Å². The van der Waals surface area contributed by atoms with Crippen molar-refractivity contribution in [3.05, 3.63) is 29.3 Å². The van der Waals surface area contributed by atoms with Crippen LogP contribution in [0.2, 0.25) is 0 Å². The molecule has 9 nitrogen and oxygen atoms in total. The Balaban J connectivity index is 1.85. The zero-order chi connectivity index (χ0) is 23.9. The molecule has 10 heteroatoms. The molecule has 2 atom stereocenters. The molecule has 1 saturated heterocycles. The van der Waals surface area contributed by atoms with E-state index in [1.54, 1.807) is 45.9 Å². The highest BCUT2D eigenvalue weighted by Gasteiger charge is 2.50. The van der Waals surface area contributed by atoms with Crippen LogP contribution in [0.1, 0.15) is 51.2 Å². The van der Waals surface area contributed by atoms with Gasteiger partial charge in [-0.15, -0.1) is 5.06 Å². The van der Waals surface area contributed by atoms with Crippen molar-refractivity contribution in [3.8, 4) is 6.07 Å². The molecule has 2 fully saturated rings. The van der Waals surface area contributed by atoms with Gasteiger partial charge in [-0.05, 0) is 65.5 Å². The molecule has 0 bridgehead atoms. The Bertz CT molecular complexity index is 1070. The van der Waals surface area contributed by atoms with E-state index in [9.17, 15) is 23.3 Å². The SMILES string of the molecule is Cc1ccc(S(=O)(=O)[C@@H]2C[C@@H](C(=O)NC3(C#N)CC3)N(OC(=O)OC(C)(C)C)C2)c(C)c1. The summed E-state index contributed by atoms with van der Waals surface area (Å²) in [5.41, 5.74) is -0.206. The number of hydroxylamine groups is 2. The molecule has 0 spiro atoms. The summed E-state index contributed by atoms with van der Waals surface area (Å²) < 4.78 is 31.9. The fourth-order valence-corrected chi connectivity index (χ4v) is 5.61. The quantitative estimate of drug-likeness (QED) is 0.660. The Kier molecular flexibility index (Phi) is 6.28. The topological polar surface area (TPSA) is 126 Å². The molecule has 1 saturated carbocycles. The largest absolute Gasteiger partial charge is 0.528 e. The Morgan fingerprint density at radius 2 is 1.91 bits per heavy atom.